The number of carbonyl (C=O) groups excluding carboxylic acids is 2. The Morgan fingerprint density at radius 1 is 1.00 bits per heavy atom. The summed E-state index contributed by atoms with van der Waals surface area (Å²) in [5, 5.41) is 13.8. The number of anilines is 1. The van der Waals surface area contributed by atoms with Crippen molar-refractivity contribution in [3.63, 3.8) is 0 Å². The number of nitrogens with one attached hydrogen (secondary N) is 2. The summed E-state index contributed by atoms with van der Waals surface area (Å²) in [7, 11) is 1.58. The van der Waals surface area contributed by atoms with E-state index >= 15 is 0 Å². The number of methoxy groups -OCH3 is 1. The molecule has 0 spiro atoms. The molecule has 0 bridgehead atoms. The van der Waals surface area contributed by atoms with Crippen LogP contribution in [0.3, 0.4) is 0 Å². The lowest BCUT2D eigenvalue weighted by atomic mass is 10.1. The fourth-order valence-corrected chi connectivity index (χ4v) is 2.22. The summed E-state index contributed by atoms with van der Waals surface area (Å²) in [4.78, 5) is 34.4. The molecule has 0 unspecified atom stereocenters. The van der Waals surface area contributed by atoms with E-state index in [0.717, 1.165) is 11.3 Å². The third-order valence-electron chi connectivity index (χ3n) is 3.58. The summed E-state index contributed by atoms with van der Waals surface area (Å²) in [5.41, 5.74) is 1.83. The Bertz CT molecular complexity index is 770. The smallest absolute Gasteiger partial charge is 0.305 e. The highest BCUT2D eigenvalue weighted by Crippen LogP contribution is 2.13. The Morgan fingerprint density at radius 2 is 1.65 bits per heavy atom. The minimum absolute atomic E-state index is 0.0640. The predicted octanol–water partition coefficient (Wildman–Crippen LogP) is 2.08. The molecule has 7 heteroatoms. The fourth-order valence-electron chi connectivity index (χ4n) is 2.22. The van der Waals surface area contributed by atoms with E-state index in [1.54, 1.807) is 43.5 Å². The Labute approximate surface area is 151 Å². The fraction of sp³-hybridized carbons (Fsp3) is 0.211. The molecule has 0 saturated heterocycles. The SMILES string of the molecule is COc1ccc(CC(=O)Nc2ccc(C(=O)NCCC(=O)O)cc2)cc1. The molecule has 0 aliphatic carbocycles. The molecule has 0 heterocycles. The zero-order valence-corrected chi connectivity index (χ0v) is 14.3. The van der Waals surface area contributed by atoms with Gasteiger partial charge in [0.05, 0.1) is 20.0 Å². The van der Waals surface area contributed by atoms with E-state index in [9.17, 15) is 14.4 Å². The van der Waals surface area contributed by atoms with Crippen LogP contribution in [0, 0.1) is 0 Å². The topological polar surface area (TPSA) is 105 Å². The van der Waals surface area contributed by atoms with Crippen molar-refractivity contribution in [2.45, 2.75) is 12.8 Å². The van der Waals surface area contributed by atoms with Gasteiger partial charge in [-0.05, 0) is 42.0 Å². The van der Waals surface area contributed by atoms with Gasteiger partial charge in [0, 0.05) is 17.8 Å². The van der Waals surface area contributed by atoms with E-state index in [1.165, 1.54) is 0 Å². The van der Waals surface area contributed by atoms with Gasteiger partial charge in [-0.25, -0.2) is 0 Å². The number of hydrogen-bond donors (Lipinski definition) is 3. The van der Waals surface area contributed by atoms with Crippen LogP contribution in [0.15, 0.2) is 48.5 Å². The molecule has 0 aliphatic rings. The van der Waals surface area contributed by atoms with Gasteiger partial charge in [-0.3, -0.25) is 14.4 Å². The van der Waals surface area contributed by atoms with Crippen molar-refractivity contribution < 1.29 is 24.2 Å². The Morgan fingerprint density at radius 3 is 2.23 bits per heavy atom. The van der Waals surface area contributed by atoms with E-state index < -0.39 is 5.97 Å². The number of carbonyl (C=O) groups is 3. The Kier molecular flexibility index (Phi) is 6.73. The highest BCUT2D eigenvalue weighted by Gasteiger charge is 2.08. The van der Waals surface area contributed by atoms with Crippen LogP contribution >= 0.6 is 0 Å². The van der Waals surface area contributed by atoms with Crippen molar-refractivity contribution >= 4 is 23.5 Å². The maximum atomic E-state index is 12.1. The first-order valence-corrected chi connectivity index (χ1v) is 8.01. The molecular formula is C19H20N2O5. The highest BCUT2D eigenvalue weighted by atomic mass is 16.5. The van der Waals surface area contributed by atoms with E-state index in [0.29, 0.717) is 11.3 Å². The Hall–Kier alpha value is -3.35. The number of hydrogen-bond acceptors (Lipinski definition) is 4. The van der Waals surface area contributed by atoms with Crippen LogP contribution in [0.25, 0.3) is 0 Å². The molecule has 2 amide bonds. The van der Waals surface area contributed by atoms with E-state index in [4.69, 9.17) is 9.84 Å². The molecule has 0 aliphatic heterocycles. The van der Waals surface area contributed by atoms with Gasteiger partial charge in [0.15, 0.2) is 0 Å². The average molecular weight is 356 g/mol. The van der Waals surface area contributed by atoms with E-state index in [2.05, 4.69) is 10.6 Å². The molecule has 0 fully saturated rings. The summed E-state index contributed by atoms with van der Waals surface area (Å²) in [5.74, 6) is -0.775. The molecule has 0 aromatic heterocycles. The molecule has 3 N–H and O–H groups in total. The van der Waals surface area contributed by atoms with Crippen molar-refractivity contribution in [2.75, 3.05) is 19.0 Å². The minimum Gasteiger partial charge on any atom is -0.497 e. The van der Waals surface area contributed by atoms with Gasteiger partial charge in [-0.2, -0.15) is 0 Å². The first-order valence-electron chi connectivity index (χ1n) is 8.01. The van der Waals surface area contributed by atoms with Crippen LogP contribution < -0.4 is 15.4 Å². The highest BCUT2D eigenvalue weighted by molar-refractivity contribution is 5.96. The van der Waals surface area contributed by atoms with E-state index in [1.807, 2.05) is 12.1 Å². The molecule has 7 nitrogen and oxygen atoms in total. The largest absolute Gasteiger partial charge is 0.497 e. The predicted molar refractivity (Wildman–Crippen MR) is 96.4 cm³/mol. The summed E-state index contributed by atoms with van der Waals surface area (Å²) < 4.78 is 5.07. The molecule has 0 saturated carbocycles. The molecule has 2 rings (SSSR count). The summed E-state index contributed by atoms with van der Waals surface area (Å²) in [6, 6.07) is 13.6. The first-order chi connectivity index (χ1) is 12.5. The standard InChI is InChI=1S/C19H20N2O5/c1-26-16-8-2-13(3-9-16)12-17(22)21-15-6-4-14(5-7-15)19(25)20-11-10-18(23)24/h2-9H,10-12H2,1H3,(H,20,25)(H,21,22)(H,23,24). The normalized spacial score (nSPS) is 10.0. The van der Waals surface area contributed by atoms with Crippen molar-refractivity contribution in [3.05, 3.63) is 59.7 Å². The number of ether oxygens (including phenoxy) is 1. The molecule has 0 radical (unpaired) electrons. The van der Waals surface area contributed by atoms with Crippen molar-refractivity contribution in [1.82, 2.24) is 5.32 Å². The van der Waals surface area contributed by atoms with Crippen LogP contribution in [0.4, 0.5) is 5.69 Å². The maximum absolute atomic E-state index is 12.1. The van der Waals surface area contributed by atoms with Gasteiger partial charge in [-0.1, -0.05) is 12.1 Å². The third kappa shape index (κ3) is 5.94. The van der Waals surface area contributed by atoms with Crippen LogP contribution in [0.1, 0.15) is 22.3 Å². The molecule has 0 atom stereocenters. The summed E-state index contributed by atoms with van der Waals surface area (Å²) in [6.07, 6.45) is 0.0899. The number of carboxylic acid groups (broad SMARTS) is 1. The van der Waals surface area contributed by atoms with Crippen molar-refractivity contribution in [2.24, 2.45) is 0 Å². The number of benzene rings is 2. The van der Waals surface area contributed by atoms with Gasteiger partial charge in [0.25, 0.3) is 5.91 Å². The monoisotopic (exact) mass is 356 g/mol. The third-order valence-corrected chi connectivity index (χ3v) is 3.58. The van der Waals surface area contributed by atoms with Gasteiger partial charge >= 0.3 is 5.97 Å². The number of amides is 2. The lowest BCUT2D eigenvalue weighted by molar-refractivity contribution is -0.136. The zero-order chi connectivity index (χ0) is 18.9. The maximum Gasteiger partial charge on any atom is 0.305 e. The van der Waals surface area contributed by atoms with Crippen LogP contribution in [-0.2, 0) is 16.0 Å². The van der Waals surface area contributed by atoms with Gasteiger partial charge in [0.2, 0.25) is 5.91 Å². The van der Waals surface area contributed by atoms with Crippen LogP contribution in [-0.4, -0.2) is 36.5 Å². The van der Waals surface area contributed by atoms with Gasteiger partial charge in [0.1, 0.15) is 5.75 Å². The quantitative estimate of drug-likeness (QED) is 0.672. The molecule has 136 valence electrons. The summed E-state index contributed by atoms with van der Waals surface area (Å²) >= 11 is 0. The van der Waals surface area contributed by atoms with Gasteiger partial charge in [-0.15, -0.1) is 0 Å². The van der Waals surface area contributed by atoms with E-state index in [-0.39, 0.29) is 31.2 Å². The summed E-state index contributed by atoms with van der Waals surface area (Å²) in [6.45, 7) is 0.0640. The molecule has 2 aromatic rings. The first kappa shape index (κ1) is 19.0. The van der Waals surface area contributed by atoms with Crippen molar-refractivity contribution in [3.8, 4) is 5.75 Å². The lowest BCUT2D eigenvalue weighted by Crippen LogP contribution is -2.25. The van der Waals surface area contributed by atoms with Crippen LogP contribution in [0.2, 0.25) is 0 Å². The minimum atomic E-state index is -0.972. The van der Waals surface area contributed by atoms with Crippen molar-refractivity contribution in [1.29, 1.82) is 0 Å². The zero-order valence-electron chi connectivity index (χ0n) is 14.3. The second kappa shape index (κ2) is 9.22. The number of rotatable bonds is 8. The number of aliphatic carboxylic acids is 1. The molecular weight excluding hydrogens is 336 g/mol. The van der Waals surface area contributed by atoms with Gasteiger partial charge < -0.3 is 20.5 Å². The van der Waals surface area contributed by atoms with Crippen LogP contribution in [0.5, 0.6) is 5.75 Å². The lowest BCUT2D eigenvalue weighted by Gasteiger charge is -2.08. The Balaban J connectivity index is 1.86. The second-order valence-corrected chi connectivity index (χ2v) is 5.55. The second-order valence-electron chi connectivity index (χ2n) is 5.55. The average Bonchev–Trinajstić information content (AvgIpc) is 2.62. The molecule has 2 aromatic carbocycles. The number of carboxylic acids is 1. The molecule has 26 heavy (non-hydrogen) atoms.